The van der Waals surface area contributed by atoms with Gasteiger partial charge in [0.25, 0.3) is 0 Å². The van der Waals surface area contributed by atoms with Crippen molar-refractivity contribution >= 4 is 0 Å². The molecule has 1 N–H and O–H groups in total. The summed E-state index contributed by atoms with van der Waals surface area (Å²) in [7, 11) is 3.57. The van der Waals surface area contributed by atoms with Crippen LogP contribution in [0, 0.1) is 5.92 Å². The molecule has 0 saturated carbocycles. The van der Waals surface area contributed by atoms with Crippen molar-refractivity contribution in [2.75, 3.05) is 27.1 Å². The topological polar surface area (TPSA) is 66.8 Å². The van der Waals surface area contributed by atoms with Gasteiger partial charge in [0.05, 0.1) is 19.4 Å². The first-order chi connectivity index (χ1) is 12.2. The van der Waals surface area contributed by atoms with Crippen molar-refractivity contribution < 1.29 is 18.9 Å². The summed E-state index contributed by atoms with van der Waals surface area (Å²) in [5.74, 6) is 2.59. The fraction of sp³-hybridized carbons (Fsp3) is 0.500. The lowest BCUT2D eigenvalue weighted by Crippen LogP contribution is -2.24. The van der Waals surface area contributed by atoms with Gasteiger partial charge >= 0.3 is 0 Å². The monoisotopic (exact) mass is 345 g/mol. The van der Waals surface area contributed by atoms with Gasteiger partial charge in [0.2, 0.25) is 12.5 Å². The summed E-state index contributed by atoms with van der Waals surface area (Å²) < 4.78 is 24.0. The van der Waals surface area contributed by atoms with Crippen molar-refractivity contribution in [2.24, 2.45) is 13.0 Å². The third-order valence-corrected chi connectivity index (χ3v) is 4.72. The number of rotatable bonds is 6. The number of methoxy groups -OCH3 is 1. The van der Waals surface area contributed by atoms with Crippen LogP contribution in [-0.4, -0.2) is 36.8 Å². The molecule has 0 aliphatic carbocycles. The van der Waals surface area contributed by atoms with E-state index in [0.29, 0.717) is 17.4 Å². The molecule has 2 aromatic rings. The van der Waals surface area contributed by atoms with Crippen molar-refractivity contribution in [3.63, 3.8) is 0 Å². The van der Waals surface area contributed by atoms with Gasteiger partial charge in [0.15, 0.2) is 11.5 Å². The van der Waals surface area contributed by atoms with Crippen molar-refractivity contribution in [3.05, 3.63) is 35.7 Å². The van der Waals surface area contributed by atoms with Gasteiger partial charge in [-0.05, 0) is 24.1 Å². The van der Waals surface area contributed by atoms with E-state index in [1.807, 2.05) is 36.3 Å². The molecule has 4 rings (SSSR count). The van der Waals surface area contributed by atoms with Gasteiger partial charge < -0.3 is 24.3 Å². The van der Waals surface area contributed by atoms with Gasteiger partial charge in [-0.3, -0.25) is 4.68 Å². The number of hydrogen-bond donors (Lipinski definition) is 1. The van der Waals surface area contributed by atoms with E-state index in [1.54, 1.807) is 7.11 Å². The molecule has 2 atom stereocenters. The molecular weight excluding hydrogens is 322 g/mol. The normalized spacial score (nSPS) is 21.7. The molecule has 1 aromatic carbocycles. The van der Waals surface area contributed by atoms with Gasteiger partial charge in [-0.15, -0.1) is 0 Å². The van der Waals surface area contributed by atoms with Gasteiger partial charge in [-0.1, -0.05) is 0 Å². The number of ether oxygens (including phenoxy) is 4. The Bertz CT molecular complexity index is 746. The number of nitrogens with one attached hydrogen (secondary N) is 1. The molecule has 0 radical (unpaired) electrons. The van der Waals surface area contributed by atoms with Gasteiger partial charge in [0, 0.05) is 44.4 Å². The van der Waals surface area contributed by atoms with E-state index in [-0.39, 0.29) is 12.9 Å². The second-order valence-corrected chi connectivity index (χ2v) is 6.45. The molecule has 134 valence electrons. The molecule has 1 fully saturated rings. The van der Waals surface area contributed by atoms with E-state index < -0.39 is 0 Å². The zero-order valence-corrected chi connectivity index (χ0v) is 14.5. The molecule has 2 unspecified atom stereocenters. The summed E-state index contributed by atoms with van der Waals surface area (Å²) in [6, 6.07) is 3.99. The first kappa shape index (κ1) is 16.2. The molecule has 3 heterocycles. The van der Waals surface area contributed by atoms with Crippen LogP contribution in [0.3, 0.4) is 0 Å². The Balaban J connectivity index is 1.37. The Morgan fingerprint density at radius 1 is 1.36 bits per heavy atom. The molecule has 0 bridgehead atoms. The van der Waals surface area contributed by atoms with Crippen LogP contribution < -0.4 is 19.5 Å². The third-order valence-electron chi connectivity index (χ3n) is 4.72. The first-order valence-corrected chi connectivity index (χ1v) is 8.52. The summed E-state index contributed by atoms with van der Waals surface area (Å²) >= 11 is 0. The second kappa shape index (κ2) is 6.93. The molecule has 2 aliphatic rings. The van der Waals surface area contributed by atoms with E-state index in [2.05, 4.69) is 10.4 Å². The lowest BCUT2D eigenvalue weighted by atomic mass is 9.97. The van der Waals surface area contributed by atoms with Crippen LogP contribution in [-0.2, 0) is 18.3 Å². The summed E-state index contributed by atoms with van der Waals surface area (Å²) in [5.41, 5.74) is 2.26. The lowest BCUT2D eigenvalue weighted by Gasteiger charge is -2.18. The molecule has 0 spiro atoms. The average Bonchev–Trinajstić information content (AvgIpc) is 3.34. The fourth-order valence-electron chi connectivity index (χ4n) is 3.49. The zero-order chi connectivity index (χ0) is 17.2. The summed E-state index contributed by atoms with van der Waals surface area (Å²) in [6.07, 6.45) is 5.10. The summed E-state index contributed by atoms with van der Waals surface area (Å²) in [6.45, 7) is 2.66. The first-order valence-electron chi connectivity index (χ1n) is 8.52. The number of nitrogens with zero attached hydrogens (tertiary/aromatic N) is 2. The lowest BCUT2D eigenvalue weighted by molar-refractivity contribution is 0.0904. The average molecular weight is 345 g/mol. The van der Waals surface area contributed by atoms with Crippen LogP contribution >= 0.6 is 0 Å². The largest absolute Gasteiger partial charge is 0.493 e. The number of aromatic nitrogens is 2. The van der Waals surface area contributed by atoms with Gasteiger partial charge in [-0.25, -0.2) is 0 Å². The molecule has 7 nitrogen and oxygen atoms in total. The van der Waals surface area contributed by atoms with E-state index in [0.717, 1.165) is 43.0 Å². The van der Waals surface area contributed by atoms with Crippen molar-refractivity contribution in [2.45, 2.75) is 19.1 Å². The Labute approximate surface area is 146 Å². The quantitative estimate of drug-likeness (QED) is 0.864. The second-order valence-electron chi connectivity index (χ2n) is 6.45. The molecule has 1 aromatic heterocycles. The highest BCUT2D eigenvalue weighted by molar-refractivity contribution is 5.55. The highest BCUT2D eigenvalue weighted by atomic mass is 16.7. The number of aryl methyl sites for hydroxylation is 1. The molecule has 0 amide bonds. The molecular formula is C18H23N3O4. The van der Waals surface area contributed by atoms with Crippen LogP contribution in [0.4, 0.5) is 0 Å². The Kier molecular flexibility index (Phi) is 4.50. The van der Waals surface area contributed by atoms with Crippen LogP contribution in [0.5, 0.6) is 17.2 Å². The minimum Gasteiger partial charge on any atom is -0.493 e. The van der Waals surface area contributed by atoms with Crippen LogP contribution in [0.2, 0.25) is 0 Å². The van der Waals surface area contributed by atoms with Crippen LogP contribution in [0.1, 0.15) is 23.7 Å². The highest BCUT2D eigenvalue weighted by Crippen LogP contribution is 2.41. The van der Waals surface area contributed by atoms with Gasteiger partial charge in [-0.2, -0.15) is 5.10 Å². The minimum absolute atomic E-state index is 0.118. The van der Waals surface area contributed by atoms with Gasteiger partial charge in [0.1, 0.15) is 0 Å². The molecule has 7 heteroatoms. The van der Waals surface area contributed by atoms with E-state index in [9.17, 15) is 0 Å². The number of benzene rings is 1. The van der Waals surface area contributed by atoms with Crippen LogP contribution in [0.15, 0.2) is 24.5 Å². The maximum Gasteiger partial charge on any atom is 0.231 e. The Morgan fingerprint density at radius 3 is 3.08 bits per heavy atom. The fourth-order valence-corrected chi connectivity index (χ4v) is 3.49. The summed E-state index contributed by atoms with van der Waals surface area (Å²) in [4.78, 5) is 0. The number of fused-ring (bicyclic) bond motifs is 1. The third kappa shape index (κ3) is 3.29. The van der Waals surface area contributed by atoms with Crippen molar-refractivity contribution in [3.8, 4) is 17.2 Å². The maximum atomic E-state index is 5.91. The van der Waals surface area contributed by atoms with Crippen molar-refractivity contribution in [1.29, 1.82) is 0 Å². The predicted molar refractivity (Wildman–Crippen MR) is 90.8 cm³/mol. The van der Waals surface area contributed by atoms with E-state index in [4.69, 9.17) is 18.9 Å². The number of hydrogen-bond acceptors (Lipinski definition) is 6. The van der Waals surface area contributed by atoms with E-state index >= 15 is 0 Å². The molecule has 25 heavy (non-hydrogen) atoms. The minimum atomic E-state index is 0.118. The van der Waals surface area contributed by atoms with Crippen molar-refractivity contribution in [1.82, 2.24) is 15.1 Å². The smallest absolute Gasteiger partial charge is 0.231 e. The zero-order valence-electron chi connectivity index (χ0n) is 14.5. The maximum absolute atomic E-state index is 5.91. The summed E-state index contributed by atoms with van der Waals surface area (Å²) in [5, 5.41) is 7.79. The highest BCUT2D eigenvalue weighted by Gasteiger charge is 2.30. The molecule has 1 saturated heterocycles. The predicted octanol–water partition coefficient (Wildman–Crippen LogP) is 2.02. The van der Waals surface area contributed by atoms with Crippen LogP contribution in [0.25, 0.3) is 0 Å². The SMILES string of the molecule is COc1cc(CNCC2CCOC2c2cnn(C)c2)cc2c1OCO2. The molecule has 2 aliphatic heterocycles. The van der Waals surface area contributed by atoms with E-state index in [1.165, 1.54) is 0 Å². The standard InChI is InChI=1S/C18H23N3O4/c1-21-10-14(9-20-21)17-13(3-4-23-17)8-19-7-12-5-15(22-2)18-16(6-12)24-11-25-18/h5-6,9-10,13,17,19H,3-4,7-8,11H2,1-2H3. The Hall–Kier alpha value is -2.25. The Morgan fingerprint density at radius 2 is 2.28 bits per heavy atom.